The molecule has 0 radical (unpaired) electrons. The zero-order valence-corrected chi connectivity index (χ0v) is 18.8. The van der Waals surface area contributed by atoms with Gasteiger partial charge in [0.25, 0.3) is 5.91 Å². The van der Waals surface area contributed by atoms with Gasteiger partial charge in [0, 0.05) is 11.2 Å². The summed E-state index contributed by atoms with van der Waals surface area (Å²) in [6.45, 7) is 2.75. The monoisotopic (exact) mass is 500 g/mol. The first kappa shape index (κ1) is 21.1. The summed E-state index contributed by atoms with van der Waals surface area (Å²) in [7, 11) is 0. The number of carbonyl (C=O) groups is 1. The second-order valence-electron chi connectivity index (χ2n) is 6.73. The molecule has 0 unspecified atom stereocenters. The second-order valence-corrected chi connectivity index (χ2v) is 8.03. The average Bonchev–Trinajstić information content (AvgIpc) is 3.39. The molecule has 0 aliphatic rings. The lowest BCUT2D eigenvalue weighted by molar-refractivity contribution is 0.101. The fourth-order valence-electron chi connectivity index (χ4n) is 2.84. The topological polar surface area (TPSA) is 86.9 Å². The maximum atomic E-state index is 12.5. The van der Waals surface area contributed by atoms with Gasteiger partial charge >= 0.3 is 0 Å². The van der Waals surface area contributed by atoms with Crippen LogP contribution < -0.4 is 10.1 Å². The minimum absolute atomic E-state index is 0.136. The maximum absolute atomic E-state index is 12.5. The number of nitrogens with one attached hydrogen (secondary N) is 1. The number of amides is 1. The van der Waals surface area contributed by atoms with Crippen LogP contribution in [0.4, 0.5) is 5.95 Å². The van der Waals surface area contributed by atoms with Crippen LogP contribution in [0.25, 0.3) is 0 Å². The van der Waals surface area contributed by atoms with Crippen LogP contribution in [-0.4, -0.2) is 30.5 Å². The molecule has 0 aliphatic carbocycles. The van der Waals surface area contributed by atoms with E-state index in [0.29, 0.717) is 17.3 Å². The zero-order chi connectivity index (χ0) is 21.8. The highest BCUT2D eigenvalue weighted by Gasteiger charge is 2.13. The van der Waals surface area contributed by atoms with Crippen molar-refractivity contribution in [1.82, 2.24) is 24.5 Å². The lowest BCUT2D eigenvalue weighted by Crippen LogP contribution is -2.15. The number of ether oxygens (including phenoxy) is 1. The highest BCUT2D eigenvalue weighted by atomic mass is 79.9. The molecule has 2 aromatic carbocycles. The Morgan fingerprint density at radius 1 is 1.16 bits per heavy atom. The minimum atomic E-state index is -0.403. The van der Waals surface area contributed by atoms with Crippen molar-refractivity contribution in [3.05, 3.63) is 87.4 Å². The Hall–Kier alpha value is -3.17. The van der Waals surface area contributed by atoms with Gasteiger partial charge in [0.1, 0.15) is 12.1 Å². The molecule has 4 aromatic rings. The van der Waals surface area contributed by atoms with Crippen LogP contribution in [-0.2, 0) is 13.3 Å². The van der Waals surface area contributed by atoms with E-state index in [2.05, 4.69) is 36.4 Å². The summed E-state index contributed by atoms with van der Waals surface area (Å²) in [5.41, 5.74) is 2.53. The Labute approximate surface area is 191 Å². The van der Waals surface area contributed by atoms with E-state index in [1.54, 1.807) is 41.5 Å². The van der Waals surface area contributed by atoms with E-state index >= 15 is 0 Å². The zero-order valence-electron chi connectivity index (χ0n) is 16.5. The molecule has 2 aromatic heterocycles. The summed E-state index contributed by atoms with van der Waals surface area (Å²) in [5.74, 6) is 0.434. The third kappa shape index (κ3) is 5.31. The van der Waals surface area contributed by atoms with Crippen molar-refractivity contribution in [1.29, 1.82) is 0 Å². The average molecular weight is 502 g/mol. The van der Waals surface area contributed by atoms with Crippen molar-refractivity contribution in [3.63, 3.8) is 0 Å². The molecule has 0 bridgehead atoms. The quantitative estimate of drug-likeness (QED) is 0.402. The summed E-state index contributed by atoms with van der Waals surface area (Å²) in [6.07, 6.45) is 3.24. The van der Waals surface area contributed by atoms with Gasteiger partial charge in [-0.3, -0.25) is 10.1 Å². The molecule has 2 heterocycles. The number of hydrogen-bond acceptors (Lipinski definition) is 5. The van der Waals surface area contributed by atoms with Gasteiger partial charge in [-0.05, 0) is 58.2 Å². The number of carbonyl (C=O) groups excluding carboxylic acids is 1. The lowest BCUT2D eigenvalue weighted by atomic mass is 10.1. The molecule has 0 saturated heterocycles. The standard InChI is InChI=1S/C21H18BrClN6O2/c1-14-4-2-3-5-15(14)11-29-12-24-21(27-29)25-20(30)18-8-9-28(26-18)13-31-19-7-6-16(23)10-17(19)22/h2-10,12H,11,13H2,1H3,(H,25,27,30). The first-order valence-corrected chi connectivity index (χ1v) is 10.5. The van der Waals surface area contributed by atoms with Crippen LogP contribution in [0.15, 0.2) is 65.5 Å². The Morgan fingerprint density at radius 3 is 2.81 bits per heavy atom. The predicted octanol–water partition coefficient (Wildman–Crippen LogP) is 4.54. The number of anilines is 1. The smallest absolute Gasteiger partial charge is 0.278 e. The van der Waals surface area contributed by atoms with Crippen molar-refractivity contribution in [3.8, 4) is 5.75 Å². The lowest BCUT2D eigenvalue weighted by Gasteiger charge is -2.08. The first-order chi connectivity index (χ1) is 15.0. The van der Waals surface area contributed by atoms with Gasteiger partial charge in [-0.25, -0.2) is 14.3 Å². The van der Waals surface area contributed by atoms with E-state index in [-0.39, 0.29) is 18.4 Å². The van der Waals surface area contributed by atoms with Gasteiger partial charge in [0.15, 0.2) is 12.4 Å². The van der Waals surface area contributed by atoms with Crippen molar-refractivity contribution < 1.29 is 9.53 Å². The second kappa shape index (κ2) is 9.32. The van der Waals surface area contributed by atoms with Gasteiger partial charge in [0.2, 0.25) is 5.95 Å². The molecular formula is C21H18BrClN6O2. The predicted molar refractivity (Wildman–Crippen MR) is 120 cm³/mol. The number of aryl methyl sites for hydroxylation is 1. The van der Waals surface area contributed by atoms with Crippen LogP contribution in [0.5, 0.6) is 5.75 Å². The highest BCUT2D eigenvalue weighted by Crippen LogP contribution is 2.28. The molecule has 31 heavy (non-hydrogen) atoms. The normalized spacial score (nSPS) is 10.8. The molecular weight excluding hydrogens is 484 g/mol. The summed E-state index contributed by atoms with van der Waals surface area (Å²) in [6, 6.07) is 14.9. The fraction of sp³-hybridized carbons (Fsp3) is 0.143. The maximum Gasteiger partial charge on any atom is 0.278 e. The molecule has 158 valence electrons. The van der Waals surface area contributed by atoms with Crippen molar-refractivity contribution in [2.45, 2.75) is 20.2 Å². The van der Waals surface area contributed by atoms with E-state index in [1.165, 1.54) is 10.2 Å². The number of halogens is 2. The van der Waals surface area contributed by atoms with Crippen LogP contribution in [0, 0.1) is 6.92 Å². The number of nitrogens with zero attached hydrogens (tertiary/aromatic N) is 5. The van der Waals surface area contributed by atoms with Crippen LogP contribution >= 0.6 is 27.5 Å². The molecule has 10 heteroatoms. The van der Waals surface area contributed by atoms with Gasteiger partial charge < -0.3 is 4.74 Å². The van der Waals surface area contributed by atoms with Gasteiger partial charge in [0.05, 0.1) is 11.0 Å². The molecule has 0 saturated carbocycles. The molecule has 0 atom stereocenters. The summed E-state index contributed by atoms with van der Waals surface area (Å²) in [4.78, 5) is 16.6. The number of benzene rings is 2. The van der Waals surface area contributed by atoms with Crippen LogP contribution in [0.3, 0.4) is 0 Å². The molecule has 0 fully saturated rings. The van der Waals surface area contributed by atoms with E-state index in [9.17, 15) is 4.79 Å². The summed E-state index contributed by atoms with van der Waals surface area (Å²) in [5, 5.41) is 11.8. The van der Waals surface area contributed by atoms with Crippen LogP contribution in [0.1, 0.15) is 21.6 Å². The van der Waals surface area contributed by atoms with Crippen LogP contribution in [0.2, 0.25) is 5.02 Å². The first-order valence-electron chi connectivity index (χ1n) is 9.34. The number of hydrogen-bond donors (Lipinski definition) is 1. The number of rotatable bonds is 7. The Kier molecular flexibility index (Phi) is 6.34. The molecule has 0 aliphatic heterocycles. The Bertz CT molecular complexity index is 1220. The van der Waals surface area contributed by atoms with Crippen molar-refractivity contribution >= 4 is 39.4 Å². The summed E-state index contributed by atoms with van der Waals surface area (Å²) < 4.78 is 9.62. The Morgan fingerprint density at radius 2 is 2.00 bits per heavy atom. The van der Waals surface area contributed by atoms with E-state index in [0.717, 1.165) is 10.0 Å². The summed E-state index contributed by atoms with van der Waals surface area (Å²) >= 11 is 9.32. The largest absolute Gasteiger partial charge is 0.470 e. The van der Waals surface area contributed by atoms with Gasteiger partial charge in [-0.1, -0.05) is 35.9 Å². The van der Waals surface area contributed by atoms with E-state index in [1.807, 2.05) is 31.2 Å². The van der Waals surface area contributed by atoms with E-state index in [4.69, 9.17) is 16.3 Å². The third-order valence-electron chi connectivity index (χ3n) is 4.47. The van der Waals surface area contributed by atoms with Crippen molar-refractivity contribution in [2.75, 3.05) is 5.32 Å². The molecule has 8 nitrogen and oxygen atoms in total. The fourth-order valence-corrected chi connectivity index (χ4v) is 3.64. The third-order valence-corrected chi connectivity index (χ3v) is 5.33. The van der Waals surface area contributed by atoms with Gasteiger partial charge in [-0.15, -0.1) is 5.10 Å². The SMILES string of the molecule is Cc1ccccc1Cn1cnc(NC(=O)c2ccn(COc3ccc(Cl)cc3Br)n2)n1. The van der Waals surface area contributed by atoms with Gasteiger partial charge in [-0.2, -0.15) is 5.10 Å². The molecule has 0 spiro atoms. The van der Waals surface area contributed by atoms with E-state index < -0.39 is 5.91 Å². The molecule has 1 N–H and O–H groups in total. The number of aromatic nitrogens is 5. The highest BCUT2D eigenvalue weighted by molar-refractivity contribution is 9.10. The molecule has 4 rings (SSSR count). The molecule has 1 amide bonds. The Balaban J connectivity index is 1.35. The van der Waals surface area contributed by atoms with Crippen molar-refractivity contribution in [2.24, 2.45) is 0 Å². The minimum Gasteiger partial charge on any atom is -0.470 e.